The number of thiazole rings is 1. The standard InChI is InChI=1S/C10H10N2OS/c1-3-11-10(8-5-14-6-12-8)7-2-4-13-9(1)7/h2,4-6,10-11H,1,3H2. The number of fused-ring (bicyclic) bond motifs is 1. The van der Waals surface area contributed by atoms with Crippen LogP contribution >= 0.6 is 11.3 Å². The van der Waals surface area contributed by atoms with E-state index in [0.717, 1.165) is 24.4 Å². The minimum atomic E-state index is 0.226. The minimum Gasteiger partial charge on any atom is -0.469 e. The van der Waals surface area contributed by atoms with Gasteiger partial charge in [-0.15, -0.1) is 11.3 Å². The van der Waals surface area contributed by atoms with Gasteiger partial charge >= 0.3 is 0 Å². The lowest BCUT2D eigenvalue weighted by Gasteiger charge is -2.21. The van der Waals surface area contributed by atoms with Crippen molar-refractivity contribution in [2.45, 2.75) is 12.5 Å². The van der Waals surface area contributed by atoms with Crippen LogP contribution in [-0.2, 0) is 6.42 Å². The summed E-state index contributed by atoms with van der Waals surface area (Å²) in [6, 6.07) is 2.26. The number of rotatable bonds is 1. The van der Waals surface area contributed by atoms with Gasteiger partial charge in [0.15, 0.2) is 0 Å². The first-order valence-corrected chi connectivity index (χ1v) is 5.57. The Bertz CT molecular complexity index is 421. The van der Waals surface area contributed by atoms with E-state index in [0.29, 0.717) is 0 Å². The monoisotopic (exact) mass is 206 g/mol. The van der Waals surface area contributed by atoms with Crippen LogP contribution < -0.4 is 5.32 Å². The van der Waals surface area contributed by atoms with Crippen molar-refractivity contribution in [3.05, 3.63) is 40.2 Å². The van der Waals surface area contributed by atoms with E-state index in [1.54, 1.807) is 17.6 Å². The summed E-state index contributed by atoms with van der Waals surface area (Å²) in [5.74, 6) is 1.10. The third-order valence-corrected chi connectivity index (χ3v) is 3.14. The lowest BCUT2D eigenvalue weighted by Crippen LogP contribution is -2.29. The molecule has 0 aliphatic carbocycles. The summed E-state index contributed by atoms with van der Waals surface area (Å²) in [7, 11) is 0. The Morgan fingerprint density at radius 1 is 1.57 bits per heavy atom. The van der Waals surface area contributed by atoms with Crippen LogP contribution in [0.1, 0.15) is 23.1 Å². The molecule has 1 unspecified atom stereocenters. The molecule has 2 aromatic rings. The molecule has 1 atom stereocenters. The van der Waals surface area contributed by atoms with E-state index in [-0.39, 0.29) is 6.04 Å². The summed E-state index contributed by atoms with van der Waals surface area (Å²) in [5.41, 5.74) is 4.20. The van der Waals surface area contributed by atoms with Crippen molar-refractivity contribution in [2.24, 2.45) is 0 Å². The average molecular weight is 206 g/mol. The lowest BCUT2D eigenvalue weighted by atomic mass is 10.00. The molecule has 0 bridgehead atoms. The van der Waals surface area contributed by atoms with Gasteiger partial charge in [0, 0.05) is 23.9 Å². The van der Waals surface area contributed by atoms with Crippen molar-refractivity contribution in [3.8, 4) is 0 Å². The third-order valence-electron chi connectivity index (χ3n) is 2.54. The van der Waals surface area contributed by atoms with E-state index in [1.807, 2.05) is 11.6 Å². The van der Waals surface area contributed by atoms with Crippen LogP contribution in [0.4, 0.5) is 0 Å². The Balaban J connectivity index is 2.04. The Kier molecular flexibility index (Phi) is 1.89. The zero-order chi connectivity index (χ0) is 9.38. The van der Waals surface area contributed by atoms with Crippen LogP contribution in [0, 0.1) is 0 Å². The Morgan fingerprint density at radius 2 is 2.57 bits per heavy atom. The predicted octanol–water partition coefficient (Wildman–Crippen LogP) is 1.97. The molecule has 0 amide bonds. The second-order valence-electron chi connectivity index (χ2n) is 3.35. The number of furan rings is 1. The SMILES string of the molecule is c1cc2c(o1)CCNC2c1cscn1. The highest BCUT2D eigenvalue weighted by molar-refractivity contribution is 7.07. The molecule has 14 heavy (non-hydrogen) atoms. The summed E-state index contributed by atoms with van der Waals surface area (Å²) in [4.78, 5) is 4.33. The molecule has 0 aromatic carbocycles. The van der Waals surface area contributed by atoms with Crippen molar-refractivity contribution >= 4 is 11.3 Å². The zero-order valence-electron chi connectivity index (χ0n) is 7.56. The van der Waals surface area contributed by atoms with Gasteiger partial charge < -0.3 is 9.73 Å². The fourth-order valence-electron chi connectivity index (χ4n) is 1.88. The van der Waals surface area contributed by atoms with Crippen molar-refractivity contribution in [3.63, 3.8) is 0 Å². The molecule has 2 aromatic heterocycles. The fraction of sp³-hybridized carbons (Fsp3) is 0.300. The highest BCUT2D eigenvalue weighted by Gasteiger charge is 2.24. The molecule has 0 saturated carbocycles. The quantitative estimate of drug-likeness (QED) is 0.775. The number of hydrogen-bond acceptors (Lipinski definition) is 4. The van der Waals surface area contributed by atoms with Crippen LogP contribution in [-0.4, -0.2) is 11.5 Å². The minimum absolute atomic E-state index is 0.226. The second-order valence-corrected chi connectivity index (χ2v) is 4.07. The molecule has 0 radical (unpaired) electrons. The van der Waals surface area contributed by atoms with Crippen LogP contribution in [0.25, 0.3) is 0 Å². The highest BCUT2D eigenvalue weighted by atomic mass is 32.1. The Labute approximate surface area is 85.8 Å². The largest absolute Gasteiger partial charge is 0.469 e. The molecule has 0 saturated heterocycles. The predicted molar refractivity (Wildman–Crippen MR) is 54.4 cm³/mol. The fourth-order valence-corrected chi connectivity index (χ4v) is 2.46. The van der Waals surface area contributed by atoms with Gasteiger partial charge in [0.05, 0.1) is 23.5 Å². The molecule has 3 rings (SSSR count). The summed E-state index contributed by atoms with van der Waals surface area (Å²) in [5, 5.41) is 5.53. The maximum absolute atomic E-state index is 5.42. The maximum Gasteiger partial charge on any atom is 0.110 e. The van der Waals surface area contributed by atoms with Gasteiger partial charge in [-0.3, -0.25) is 0 Å². The molecule has 0 spiro atoms. The Morgan fingerprint density at radius 3 is 3.43 bits per heavy atom. The summed E-state index contributed by atoms with van der Waals surface area (Å²) in [6.45, 7) is 0.961. The first kappa shape index (κ1) is 8.20. The maximum atomic E-state index is 5.42. The van der Waals surface area contributed by atoms with E-state index in [4.69, 9.17) is 4.42 Å². The molecule has 1 N–H and O–H groups in total. The summed E-state index contributed by atoms with van der Waals surface area (Å²) in [6.07, 6.45) is 2.74. The molecular formula is C10H10N2OS. The van der Waals surface area contributed by atoms with E-state index in [2.05, 4.69) is 15.7 Å². The number of hydrogen-bond donors (Lipinski definition) is 1. The van der Waals surface area contributed by atoms with Gasteiger partial charge in [0.2, 0.25) is 0 Å². The van der Waals surface area contributed by atoms with E-state index < -0.39 is 0 Å². The number of nitrogens with zero attached hydrogens (tertiary/aromatic N) is 1. The molecule has 1 aliphatic rings. The zero-order valence-corrected chi connectivity index (χ0v) is 8.38. The smallest absolute Gasteiger partial charge is 0.110 e. The molecule has 1 aliphatic heterocycles. The van der Waals surface area contributed by atoms with Gasteiger partial charge in [0.25, 0.3) is 0 Å². The van der Waals surface area contributed by atoms with Crippen molar-refractivity contribution in [1.82, 2.24) is 10.3 Å². The molecule has 3 nitrogen and oxygen atoms in total. The molecule has 3 heterocycles. The molecule has 0 fully saturated rings. The Hall–Kier alpha value is -1.13. The van der Waals surface area contributed by atoms with E-state index in [9.17, 15) is 0 Å². The van der Waals surface area contributed by atoms with Gasteiger partial charge in [-0.05, 0) is 6.07 Å². The topological polar surface area (TPSA) is 38.1 Å². The van der Waals surface area contributed by atoms with Gasteiger partial charge in [0.1, 0.15) is 5.76 Å². The van der Waals surface area contributed by atoms with Gasteiger partial charge in [-0.25, -0.2) is 4.98 Å². The van der Waals surface area contributed by atoms with E-state index in [1.165, 1.54) is 5.56 Å². The summed E-state index contributed by atoms with van der Waals surface area (Å²) < 4.78 is 5.42. The second kappa shape index (κ2) is 3.22. The highest BCUT2D eigenvalue weighted by Crippen LogP contribution is 2.28. The third kappa shape index (κ3) is 1.19. The van der Waals surface area contributed by atoms with Crippen molar-refractivity contribution in [1.29, 1.82) is 0 Å². The van der Waals surface area contributed by atoms with Gasteiger partial charge in [-0.2, -0.15) is 0 Å². The average Bonchev–Trinajstić information content (AvgIpc) is 2.88. The summed E-state index contributed by atoms with van der Waals surface area (Å²) >= 11 is 1.63. The van der Waals surface area contributed by atoms with Crippen molar-refractivity contribution in [2.75, 3.05) is 6.54 Å². The van der Waals surface area contributed by atoms with Crippen LogP contribution in [0.15, 0.2) is 27.6 Å². The first-order chi connectivity index (χ1) is 6.95. The number of aromatic nitrogens is 1. The van der Waals surface area contributed by atoms with E-state index >= 15 is 0 Å². The molecule has 4 heteroatoms. The van der Waals surface area contributed by atoms with Crippen LogP contribution in [0.3, 0.4) is 0 Å². The van der Waals surface area contributed by atoms with Gasteiger partial charge in [-0.1, -0.05) is 0 Å². The normalized spacial score (nSPS) is 20.7. The first-order valence-electron chi connectivity index (χ1n) is 4.63. The van der Waals surface area contributed by atoms with Crippen LogP contribution in [0.2, 0.25) is 0 Å². The lowest BCUT2D eigenvalue weighted by molar-refractivity contribution is 0.453. The van der Waals surface area contributed by atoms with Crippen molar-refractivity contribution < 1.29 is 4.42 Å². The van der Waals surface area contributed by atoms with Crippen LogP contribution in [0.5, 0.6) is 0 Å². The molecular weight excluding hydrogens is 196 g/mol. The molecule has 72 valence electrons. The number of nitrogens with one attached hydrogen (secondary N) is 1.